The van der Waals surface area contributed by atoms with Crippen molar-refractivity contribution in [1.82, 2.24) is 25.2 Å². The van der Waals surface area contributed by atoms with E-state index in [1.807, 2.05) is 0 Å². The minimum absolute atomic E-state index is 0.0440. The highest BCUT2D eigenvalue weighted by Gasteiger charge is 2.30. The average Bonchev–Trinajstić information content (AvgIpc) is 3.43. The van der Waals surface area contributed by atoms with E-state index in [1.165, 1.54) is 17.3 Å². The molecule has 33 heavy (non-hydrogen) atoms. The Labute approximate surface area is 194 Å². The Morgan fingerprint density at radius 2 is 2.15 bits per heavy atom. The van der Waals surface area contributed by atoms with Gasteiger partial charge in [0.2, 0.25) is 5.91 Å². The number of aromatic amines is 1. The number of benzene rings is 1. The molecule has 2 amide bonds. The molecule has 0 saturated carbocycles. The Bertz CT molecular complexity index is 1240. The number of alkyl halides is 1. The summed E-state index contributed by atoms with van der Waals surface area (Å²) in [6.45, 7) is 1.94. The van der Waals surface area contributed by atoms with Crippen molar-refractivity contribution in [2.75, 3.05) is 25.5 Å². The van der Waals surface area contributed by atoms with E-state index >= 15 is 0 Å². The van der Waals surface area contributed by atoms with Crippen LogP contribution in [0.25, 0.3) is 11.2 Å². The Hall–Kier alpha value is -3.53. The van der Waals surface area contributed by atoms with E-state index in [9.17, 15) is 14.0 Å². The maximum atomic E-state index is 13.4. The number of aromatic nitrogens is 3. The summed E-state index contributed by atoms with van der Waals surface area (Å²) in [4.78, 5) is 38.5. The number of nitrogens with one attached hydrogen (secondary N) is 4. The number of hydrogen-bond donors (Lipinski definition) is 4. The molecule has 0 bridgehead atoms. The van der Waals surface area contributed by atoms with Gasteiger partial charge in [-0.15, -0.1) is 0 Å². The molecule has 4 rings (SSSR count). The van der Waals surface area contributed by atoms with Gasteiger partial charge in [0.05, 0.1) is 24.0 Å². The van der Waals surface area contributed by atoms with Crippen molar-refractivity contribution in [3.63, 3.8) is 0 Å². The van der Waals surface area contributed by atoms with Crippen molar-refractivity contribution < 1.29 is 14.0 Å². The van der Waals surface area contributed by atoms with E-state index < -0.39 is 18.1 Å². The van der Waals surface area contributed by atoms with Gasteiger partial charge in [0.25, 0.3) is 5.91 Å². The number of H-pyrrole nitrogens is 1. The van der Waals surface area contributed by atoms with Crippen LogP contribution in [0.1, 0.15) is 35.0 Å². The van der Waals surface area contributed by atoms with Gasteiger partial charge in [0.15, 0.2) is 5.65 Å². The molecule has 3 heterocycles. The number of rotatable bonds is 6. The second-order valence-corrected chi connectivity index (χ2v) is 8.27. The minimum Gasteiger partial charge on any atom is -0.388 e. The van der Waals surface area contributed by atoms with Crippen molar-refractivity contribution in [2.24, 2.45) is 0 Å². The SMILES string of the molecule is CNc1cc(Cl)ccc1C(=N)c1cnc2[nH]cc(C(=O)NC(C)C(=O)N3CCC(F)C3)c2n1. The second-order valence-electron chi connectivity index (χ2n) is 7.84. The van der Waals surface area contributed by atoms with Crippen molar-refractivity contribution in [2.45, 2.75) is 25.6 Å². The van der Waals surface area contributed by atoms with E-state index in [0.717, 1.165) is 0 Å². The predicted molar refractivity (Wildman–Crippen MR) is 124 cm³/mol. The van der Waals surface area contributed by atoms with E-state index in [-0.39, 0.29) is 34.9 Å². The molecule has 2 atom stereocenters. The van der Waals surface area contributed by atoms with E-state index in [0.29, 0.717) is 34.9 Å². The highest BCUT2D eigenvalue weighted by atomic mass is 35.5. The zero-order chi connectivity index (χ0) is 23.7. The van der Waals surface area contributed by atoms with E-state index in [4.69, 9.17) is 17.0 Å². The van der Waals surface area contributed by atoms with Crippen LogP contribution in [0.4, 0.5) is 10.1 Å². The largest absolute Gasteiger partial charge is 0.388 e. The summed E-state index contributed by atoms with van der Waals surface area (Å²) >= 11 is 6.05. The molecule has 2 unspecified atom stereocenters. The molecule has 3 aromatic rings. The Kier molecular flexibility index (Phi) is 6.28. The fourth-order valence-electron chi connectivity index (χ4n) is 3.79. The molecule has 1 fully saturated rings. The van der Waals surface area contributed by atoms with Crippen LogP contribution in [0.15, 0.2) is 30.6 Å². The lowest BCUT2D eigenvalue weighted by Crippen LogP contribution is -2.46. The fraction of sp³-hybridized carbons (Fsp3) is 0.318. The summed E-state index contributed by atoms with van der Waals surface area (Å²) in [5.41, 5.74) is 2.46. The van der Waals surface area contributed by atoms with Gasteiger partial charge in [-0.1, -0.05) is 11.6 Å². The summed E-state index contributed by atoms with van der Waals surface area (Å²) in [6.07, 6.45) is 2.18. The molecular formula is C22H23ClFN7O2. The fourth-order valence-corrected chi connectivity index (χ4v) is 3.96. The topological polar surface area (TPSA) is 127 Å². The number of fused-ring (bicyclic) bond motifs is 1. The third kappa shape index (κ3) is 4.51. The van der Waals surface area contributed by atoms with Crippen molar-refractivity contribution in [3.8, 4) is 0 Å². The summed E-state index contributed by atoms with van der Waals surface area (Å²) in [6, 6.07) is 4.27. The molecule has 1 aliphatic rings. The van der Waals surface area contributed by atoms with Gasteiger partial charge in [0, 0.05) is 36.1 Å². The van der Waals surface area contributed by atoms with Crippen LogP contribution in [-0.2, 0) is 4.79 Å². The first-order valence-corrected chi connectivity index (χ1v) is 10.8. The average molecular weight is 472 g/mol. The monoisotopic (exact) mass is 471 g/mol. The predicted octanol–water partition coefficient (Wildman–Crippen LogP) is 2.76. The number of anilines is 1. The van der Waals surface area contributed by atoms with Gasteiger partial charge < -0.3 is 20.5 Å². The molecule has 9 nitrogen and oxygen atoms in total. The number of hydrogen-bond acceptors (Lipinski definition) is 6. The second kappa shape index (κ2) is 9.14. The maximum Gasteiger partial charge on any atom is 0.255 e. The first kappa shape index (κ1) is 22.7. The normalized spacial score (nSPS) is 16.6. The summed E-state index contributed by atoms with van der Waals surface area (Å²) in [5, 5.41) is 14.8. The van der Waals surface area contributed by atoms with Gasteiger partial charge in [-0.3, -0.25) is 15.0 Å². The third-order valence-electron chi connectivity index (χ3n) is 5.56. The molecule has 1 aliphatic heterocycles. The molecule has 1 saturated heterocycles. The van der Waals surface area contributed by atoms with Crippen LogP contribution in [0.5, 0.6) is 0 Å². The number of amides is 2. The number of nitrogens with zero attached hydrogens (tertiary/aromatic N) is 3. The quantitative estimate of drug-likeness (QED) is 0.411. The molecule has 172 valence electrons. The lowest BCUT2D eigenvalue weighted by molar-refractivity contribution is -0.131. The van der Waals surface area contributed by atoms with Gasteiger partial charge >= 0.3 is 0 Å². The molecular weight excluding hydrogens is 449 g/mol. The Morgan fingerprint density at radius 3 is 2.85 bits per heavy atom. The standard InChI is InChI=1S/C22H23ClFN7O2/c1-11(22(33)31-6-5-13(24)10-31)29-21(32)15-8-27-20-19(15)30-17(9-28-20)18(25)14-4-3-12(23)7-16(14)26-2/h3-4,7-9,11,13,25-26H,5-6,10H2,1-2H3,(H,27,28)(H,29,32). The van der Waals surface area contributed by atoms with Crippen molar-refractivity contribution >= 4 is 46.0 Å². The van der Waals surface area contributed by atoms with Crippen LogP contribution in [-0.4, -0.2) is 69.7 Å². The molecule has 2 aromatic heterocycles. The van der Waals surface area contributed by atoms with Crippen molar-refractivity contribution in [3.05, 3.63) is 52.4 Å². The first-order valence-electron chi connectivity index (χ1n) is 10.4. The molecule has 0 spiro atoms. The lowest BCUT2D eigenvalue weighted by atomic mass is 10.1. The van der Waals surface area contributed by atoms with Gasteiger partial charge in [-0.2, -0.15) is 0 Å². The van der Waals surface area contributed by atoms with Gasteiger partial charge in [-0.05, 0) is 31.5 Å². The summed E-state index contributed by atoms with van der Waals surface area (Å²) < 4.78 is 13.4. The molecule has 0 aliphatic carbocycles. The Balaban J connectivity index is 1.57. The highest BCUT2D eigenvalue weighted by Crippen LogP contribution is 2.24. The van der Waals surface area contributed by atoms with Crippen molar-refractivity contribution in [1.29, 1.82) is 5.41 Å². The molecule has 4 N–H and O–H groups in total. The Morgan fingerprint density at radius 1 is 1.36 bits per heavy atom. The molecule has 11 heteroatoms. The highest BCUT2D eigenvalue weighted by molar-refractivity contribution is 6.31. The zero-order valence-corrected chi connectivity index (χ0v) is 18.8. The third-order valence-corrected chi connectivity index (χ3v) is 5.80. The smallest absolute Gasteiger partial charge is 0.255 e. The lowest BCUT2D eigenvalue weighted by Gasteiger charge is -2.20. The van der Waals surface area contributed by atoms with Gasteiger partial charge in [-0.25, -0.2) is 14.4 Å². The van der Waals surface area contributed by atoms with Crippen LogP contribution < -0.4 is 10.6 Å². The van der Waals surface area contributed by atoms with Gasteiger partial charge in [0.1, 0.15) is 23.4 Å². The van der Waals surface area contributed by atoms with Crippen LogP contribution in [0, 0.1) is 5.41 Å². The summed E-state index contributed by atoms with van der Waals surface area (Å²) in [5.74, 6) is -0.849. The minimum atomic E-state index is -1.03. The maximum absolute atomic E-state index is 13.4. The summed E-state index contributed by atoms with van der Waals surface area (Å²) in [7, 11) is 1.73. The molecule has 0 radical (unpaired) electrons. The van der Waals surface area contributed by atoms with Crippen LogP contribution in [0.3, 0.4) is 0 Å². The number of carbonyl (C=O) groups is 2. The number of likely N-dealkylation sites (tertiary alicyclic amines) is 1. The number of carbonyl (C=O) groups excluding carboxylic acids is 2. The molecule has 1 aromatic carbocycles. The number of halogens is 2. The van der Waals surface area contributed by atoms with Crippen LogP contribution in [0.2, 0.25) is 5.02 Å². The van der Waals surface area contributed by atoms with E-state index in [2.05, 4.69) is 25.6 Å². The van der Waals surface area contributed by atoms with Crippen LogP contribution >= 0.6 is 11.6 Å². The zero-order valence-electron chi connectivity index (χ0n) is 18.1. The first-order chi connectivity index (χ1) is 15.8. The van der Waals surface area contributed by atoms with E-state index in [1.54, 1.807) is 32.2 Å².